The van der Waals surface area contributed by atoms with Crippen LogP contribution in [0.4, 0.5) is 4.39 Å². The maximum Gasteiger partial charge on any atom is 0.274 e. The Kier molecular flexibility index (Phi) is 12.4. The smallest absolute Gasteiger partial charge is 0.274 e. The van der Waals surface area contributed by atoms with Crippen LogP contribution >= 0.6 is 22.7 Å². The third-order valence-corrected chi connectivity index (χ3v) is 11.7. The highest BCUT2D eigenvalue weighted by atomic mass is 32.1. The van der Waals surface area contributed by atoms with E-state index in [0.717, 1.165) is 53.3 Å². The number of amides is 1. The van der Waals surface area contributed by atoms with E-state index in [2.05, 4.69) is 29.0 Å². The van der Waals surface area contributed by atoms with Crippen molar-refractivity contribution in [3.63, 3.8) is 0 Å². The number of ether oxygens (including phenoxy) is 3. The summed E-state index contributed by atoms with van der Waals surface area (Å²) in [4.78, 5) is 26.9. The fourth-order valence-electron chi connectivity index (χ4n) is 6.91. The number of hydrogen-bond donors (Lipinski definition) is 2. The summed E-state index contributed by atoms with van der Waals surface area (Å²) in [6.45, 7) is 19.0. The Morgan fingerprint density at radius 1 is 1.11 bits per heavy atom. The molecule has 1 amide bonds. The van der Waals surface area contributed by atoms with E-state index in [1.54, 1.807) is 17.4 Å². The molecule has 288 valence electrons. The van der Waals surface area contributed by atoms with E-state index >= 15 is 0 Å². The van der Waals surface area contributed by atoms with Crippen LogP contribution in [0.25, 0.3) is 10.2 Å². The number of halogens is 1. The van der Waals surface area contributed by atoms with E-state index < -0.39 is 11.7 Å². The second-order valence-electron chi connectivity index (χ2n) is 15.8. The predicted molar refractivity (Wildman–Crippen MR) is 209 cm³/mol. The van der Waals surface area contributed by atoms with Crippen molar-refractivity contribution in [2.45, 2.75) is 104 Å². The Morgan fingerprint density at radius 3 is 2.58 bits per heavy atom. The number of likely N-dealkylation sites (tertiary alicyclic amines) is 1. The van der Waals surface area contributed by atoms with Gasteiger partial charge in [0.15, 0.2) is 0 Å². The van der Waals surface area contributed by atoms with Crippen molar-refractivity contribution in [2.75, 3.05) is 45.9 Å². The standard InChI is InChI=1S/C40H54FN5O5S2/c1-25(2)36-43-31(23-52-36)37(48)46-18-19-49-40(24-46)13-16-45(17-14-40)22-27-8-10-30(41)28(20-27)12-15-42-21-32(47)29-9-11-33(51-39(5,6)7)34-35(29)53-38(44-34)50-26(3)4/h8-11,20,23,25-26,32,42,47H,12-19,21-22,24H2,1-7H3/t32-/m0/s1. The van der Waals surface area contributed by atoms with Gasteiger partial charge < -0.3 is 29.5 Å². The fraction of sp³-hybridized carbons (Fsp3) is 0.575. The third-order valence-electron chi connectivity index (χ3n) is 9.59. The summed E-state index contributed by atoms with van der Waals surface area (Å²) < 4.78 is 34.2. The van der Waals surface area contributed by atoms with Gasteiger partial charge in [0, 0.05) is 49.6 Å². The van der Waals surface area contributed by atoms with Crippen molar-refractivity contribution in [1.29, 1.82) is 0 Å². The van der Waals surface area contributed by atoms with Gasteiger partial charge >= 0.3 is 0 Å². The van der Waals surface area contributed by atoms with Gasteiger partial charge in [-0.1, -0.05) is 43.4 Å². The van der Waals surface area contributed by atoms with Gasteiger partial charge in [0.1, 0.15) is 28.4 Å². The highest BCUT2D eigenvalue weighted by molar-refractivity contribution is 7.20. The van der Waals surface area contributed by atoms with Crippen molar-refractivity contribution in [3.05, 3.63) is 68.9 Å². The number of morpholine rings is 1. The summed E-state index contributed by atoms with van der Waals surface area (Å²) in [5.74, 6) is 0.714. The van der Waals surface area contributed by atoms with Crippen LogP contribution in [0.3, 0.4) is 0 Å². The molecule has 13 heteroatoms. The first-order valence-corrected chi connectivity index (χ1v) is 20.4. The molecule has 0 bridgehead atoms. The number of rotatable bonds is 13. The molecule has 53 heavy (non-hydrogen) atoms. The van der Waals surface area contributed by atoms with Crippen molar-refractivity contribution in [3.8, 4) is 10.9 Å². The zero-order valence-electron chi connectivity index (χ0n) is 32.0. The number of thiazole rings is 2. The van der Waals surface area contributed by atoms with Gasteiger partial charge in [-0.2, -0.15) is 4.98 Å². The molecule has 10 nitrogen and oxygen atoms in total. The molecule has 2 saturated heterocycles. The lowest BCUT2D eigenvalue weighted by atomic mass is 9.89. The van der Waals surface area contributed by atoms with Crippen molar-refractivity contribution < 1.29 is 28.5 Å². The molecule has 2 fully saturated rings. The Balaban J connectivity index is 1.01. The summed E-state index contributed by atoms with van der Waals surface area (Å²) in [5.41, 5.74) is 2.92. The Hall–Kier alpha value is -3.20. The molecule has 2 aliphatic heterocycles. The number of nitrogens with zero attached hydrogens (tertiary/aromatic N) is 4. The van der Waals surface area contributed by atoms with Gasteiger partial charge in [0.2, 0.25) is 0 Å². The van der Waals surface area contributed by atoms with Crippen LogP contribution in [-0.4, -0.2) is 94.0 Å². The molecule has 2 aliphatic rings. The van der Waals surface area contributed by atoms with Crippen LogP contribution in [0.1, 0.15) is 106 Å². The normalized spacial score (nSPS) is 17.3. The molecule has 0 unspecified atom stereocenters. The molecular formula is C40H54FN5O5S2. The van der Waals surface area contributed by atoms with Crippen molar-refractivity contribution >= 4 is 38.8 Å². The topological polar surface area (TPSA) is 109 Å². The molecule has 1 atom stereocenters. The Morgan fingerprint density at radius 2 is 1.89 bits per heavy atom. The minimum Gasteiger partial charge on any atom is -0.486 e. The Bertz CT molecular complexity index is 1860. The van der Waals surface area contributed by atoms with Crippen LogP contribution < -0.4 is 14.8 Å². The van der Waals surface area contributed by atoms with E-state index in [1.165, 1.54) is 11.3 Å². The van der Waals surface area contributed by atoms with E-state index in [4.69, 9.17) is 19.2 Å². The van der Waals surface area contributed by atoms with Crippen LogP contribution in [0, 0.1) is 5.82 Å². The molecule has 1 spiro atoms. The van der Waals surface area contributed by atoms with Crippen molar-refractivity contribution in [1.82, 2.24) is 25.1 Å². The summed E-state index contributed by atoms with van der Waals surface area (Å²) in [7, 11) is 0. The average Bonchev–Trinajstić information content (AvgIpc) is 3.77. The van der Waals surface area contributed by atoms with Crippen LogP contribution in [0.2, 0.25) is 0 Å². The van der Waals surface area contributed by atoms with E-state index in [0.29, 0.717) is 72.8 Å². The van der Waals surface area contributed by atoms with Gasteiger partial charge in [0.05, 0.1) is 40.7 Å². The number of aliphatic hydroxyl groups excluding tert-OH is 1. The summed E-state index contributed by atoms with van der Waals surface area (Å²) >= 11 is 2.95. The molecular weight excluding hydrogens is 714 g/mol. The maximum absolute atomic E-state index is 15.0. The Labute approximate surface area is 320 Å². The zero-order valence-corrected chi connectivity index (χ0v) is 33.7. The number of carbonyl (C=O) groups excluding carboxylic acids is 1. The number of benzene rings is 2. The first-order valence-electron chi connectivity index (χ1n) is 18.7. The number of fused-ring (bicyclic) bond motifs is 1. The summed E-state index contributed by atoms with van der Waals surface area (Å²) in [6, 6.07) is 9.12. The third kappa shape index (κ3) is 9.92. The van der Waals surface area contributed by atoms with Gasteiger partial charge in [0.25, 0.3) is 11.1 Å². The van der Waals surface area contributed by atoms with Gasteiger partial charge in [-0.3, -0.25) is 9.69 Å². The molecule has 2 N–H and O–H groups in total. The highest BCUT2D eigenvalue weighted by Crippen LogP contribution is 2.40. The minimum atomic E-state index is -0.796. The number of piperidine rings is 1. The lowest BCUT2D eigenvalue weighted by Crippen LogP contribution is -2.58. The van der Waals surface area contributed by atoms with Crippen LogP contribution in [0.5, 0.6) is 10.9 Å². The number of aliphatic hydroxyl groups is 1. The molecule has 0 saturated carbocycles. The number of nitrogens with one attached hydrogen (secondary N) is 1. The van der Waals surface area contributed by atoms with E-state index in [-0.39, 0.29) is 23.4 Å². The SMILES string of the molecule is CC(C)Oc1nc2c(OC(C)(C)C)ccc([C@@H](O)CNCCc3cc(CN4CCC5(CC4)CN(C(=O)c4csc(C(C)C)n4)CCO5)ccc3F)c2s1. The monoisotopic (exact) mass is 767 g/mol. The lowest BCUT2D eigenvalue weighted by molar-refractivity contribution is -0.128. The first kappa shape index (κ1) is 39.5. The lowest BCUT2D eigenvalue weighted by Gasteiger charge is -2.47. The average molecular weight is 768 g/mol. The van der Waals surface area contributed by atoms with Gasteiger partial charge in [-0.15, -0.1) is 11.3 Å². The zero-order chi connectivity index (χ0) is 37.9. The second kappa shape index (κ2) is 16.7. The quantitative estimate of drug-likeness (QED) is 0.135. The molecule has 0 aliphatic carbocycles. The van der Waals surface area contributed by atoms with Crippen LogP contribution in [-0.2, 0) is 17.7 Å². The number of aromatic nitrogens is 2. The summed E-state index contributed by atoms with van der Waals surface area (Å²) in [6.07, 6.45) is 1.33. The largest absolute Gasteiger partial charge is 0.486 e. The van der Waals surface area contributed by atoms with Crippen molar-refractivity contribution in [2.24, 2.45) is 0 Å². The van der Waals surface area contributed by atoms with E-state index in [9.17, 15) is 14.3 Å². The summed E-state index contributed by atoms with van der Waals surface area (Å²) in [5, 5.41) is 18.0. The van der Waals surface area contributed by atoms with Crippen LogP contribution in [0.15, 0.2) is 35.7 Å². The molecule has 6 rings (SSSR count). The van der Waals surface area contributed by atoms with E-state index in [1.807, 2.05) is 69.2 Å². The van der Waals surface area contributed by atoms with Gasteiger partial charge in [-0.25, -0.2) is 9.37 Å². The molecule has 4 aromatic rings. The predicted octanol–water partition coefficient (Wildman–Crippen LogP) is 7.35. The molecule has 4 heterocycles. The molecule has 2 aromatic heterocycles. The van der Waals surface area contributed by atoms with Gasteiger partial charge in [-0.05, 0) is 83.7 Å². The number of carbonyl (C=O) groups is 1. The first-order chi connectivity index (χ1) is 25.2. The fourth-order valence-corrected chi connectivity index (χ4v) is 8.84. The minimum absolute atomic E-state index is 0.00985. The second-order valence-corrected chi connectivity index (χ2v) is 17.7. The maximum atomic E-state index is 15.0. The molecule has 2 aromatic carbocycles. The molecule has 0 radical (unpaired) electrons. The number of hydrogen-bond acceptors (Lipinski definition) is 11. The highest BCUT2D eigenvalue weighted by Gasteiger charge is 2.41.